The first-order chi connectivity index (χ1) is 7.75. The minimum Gasteiger partial charge on any atom is -0.379 e. The quantitative estimate of drug-likeness (QED) is 0.790. The number of rotatable bonds is 1. The van der Waals surface area contributed by atoms with Gasteiger partial charge in [0.2, 0.25) is 0 Å². The number of aromatic amines is 1. The van der Waals surface area contributed by atoms with Crippen molar-refractivity contribution in [1.82, 2.24) is 9.55 Å². The molecule has 0 bridgehead atoms. The minimum atomic E-state index is -0.0314. The third-order valence-corrected chi connectivity index (χ3v) is 3.14. The summed E-state index contributed by atoms with van der Waals surface area (Å²) < 4.78 is 7.16. The first kappa shape index (κ1) is 9.66. The van der Waals surface area contributed by atoms with Crippen molar-refractivity contribution >= 4 is 11.0 Å². The Morgan fingerprint density at radius 1 is 1.50 bits per heavy atom. The highest BCUT2D eigenvalue weighted by Gasteiger charge is 2.21. The zero-order valence-electron chi connectivity index (χ0n) is 9.19. The maximum absolute atomic E-state index is 11.9. The predicted molar refractivity (Wildman–Crippen MR) is 61.8 cm³/mol. The van der Waals surface area contributed by atoms with Gasteiger partial charge in [0.15, 0.2) is 0 Å². The number of ether oxygens (including phenoxy) is 1. The van der Waals surface area contributed by atoms with E-state index in [9.17, 15) is 4.79 Å². The summed E-state index contributed by atoms with van der Waals surface area (Å²) in [6.45, 7) is 3.41. The molecule has 1 aliphatic rings. The minimum absolute atomic E-state index is 0.0314. The number of aromatic nitrogens is 2. The van der Waals surface area contributed by atoms with E-state index in [4.69, 9.17) is 4.74 Å². The van der Waals surface area contributed by atoms with Gasteiger partial charge in [-0.25, -0.2) is 4.79 Å². The molecule has 16 heavy (non-hydrogen) atoms. The van der Waals surface area contributed by atoms with Gasteiger partial charge in [0.1, 0.15) is 0 Å². The SMILES string of the molecule is Cc1ccc2c(c1)[nH]c(=O)n2C1CCOC1. The number of imidazole rings is 1. The Morgan fingerprint density at radius 3 is 3.12 bits per heavy atom. The zero-order valence-corrected chi connectivity index (χ0v) is 9.19. The Morgan fingerprint density at radius 2 is 2.38 bits per heavy atom. The van der Waals surface area contributed by atoms with Crippen molar-refractivity contribution in [3.63, 3.8) is 0 Å². The van der Waals surface area contributed by atoms with E-state index in [0.29, 0.717) is 6.61 Å². The molecule has 1 aliphatic heterocycles. The molecule has 0 spiro atoms. The highest BCUT2D eigenvalue weighted by Crippen LogP contribution is 2.22. The number of aryl methyl sites for hydroxylation is 1. The van der Waals surface area contributed by atoms with Crippen LogP contribution in [0.3, 0.4) is 0 Å². The number of nitrogens with one attached hydrogen (secondary N) is 1. The second-order valence-corrected chi connectivity index (χ2v) is 4.34. The third kappa shape index (κ3) is 1.38. The predicted octanol–water partition coefficient (Wildman–Crippen LogP) is 1.60. The van der Waals surface area contributed by atoms with E-state index in [1.807, 2.05) is 29.7 Å². The molecule has 84 valence electrons. The van der Waals surface area contributed by atoms with Gasteiger partial charge in [0.25, 0.3) is 0 Å². The van der Waals surface area contributed by atoms with Gasteiger partial charge in [0, 0.05) is 6.61 Å². The Labute approximate surface area is 92.8 Å². The lowest BCUT2D eigenvalue weighted by Gasteiger charge is -2.09. The van der Waals surface area contributed by atoms with Gasteiger partial charge in [-0.3, -0.25) is 4.57 Å². The van der Waals surface area contributed by atoms with Crippen LogP contribution in [0.1, 0.15) is 18.0 Å². The van der Waals surface area contributed by atoms with Crippen LogP contribution in [0.5, 0.6) is 0 Å². The van der Waals surface area contributed by atoms with Gasteiger partial charge in [-0.2, -0.15) is 0 Å². The van der Waals surface area contributed by atoms with Crippen LogP contribution in [0, 0.1) is 6.92 Å². The van der Waals surface area contributed by atoms with Crippen molar-refractivity contribution in [2.24, 2.45) is 0 Å². The molecule has 0 radical (unpaired) electrons. The number of H-pyrrole nitrogens is 1. The van der Waals surface area contributed by atoms with Crippen LogP contribution in [0.15, 0.2) is 23.0 Å². The molecule has 0 amide bonds. The lowest BCUT2D eigenvalue weighted by molar-refractivity contribution is 0.186. The van der Waals surface area contributed by atoms with Gasteiger partial charge in [-0.1, -0.05) is 6.07 Å². The van der Waals surface area contributed by atoms with E-state index in [-0.39, 0.29) is 11.7 Å². The fourth-order valence-corrected chi connectivity index (χ4v) is 2.33. The summed E-state index contributed by atoms with van der Waals surface area (Å²) >= 11 is 0. The first-order valence-electron chi connectivity index (χ1n) is 5.54. The molecule has 2 aromatic rings. The van der Waals surface area contributed by atoms with Crippen LogP contribution >= 0.6 is 0 Å². The number of fused-ring (bicyclic) bond motifs is 1. The average Bonchev–Trinajstić information content (AvgIpc) is 2.83. The second kappa shape index (κ2) is 3.49. The van der Waals surface area contributed by atoms with E-state index >= 15 is 0 Å². The van der Waals surface area contributed by atoms with E-state index in [2.05, 4.69) is 4.98 Å². The maximum atomic E-state index is 11.9. The first-order valence-corrected chi connectivity index (χ1v) is 5.54. The largest absolute Gasteiger partial charge is 0.379 e. The van der Waals surface area contributed by atoms with E-state index in [1.54, 1.807) is 0 Å². The highest BCUT2D eigenvalue weighted by atomic mass is 16.5. The number of hydrogen-bond donors (Lipinski definition) is 1. The fraction of sp³-hybridized carbons (Fsp3) is 0.417. The molecule has 4 heteroatoms. The molecule has 1 N–H and O–H groups in total. The molecule has 1 atom stereocenters. The number of nitrogens with zero attached hydrogens (tertiary/aromatic N) is 1. The normalized spacial score (nSPS) is 20.7. The summed E-state index contributed by atoms with van der Waals surface area (Å²) in [6, 6.07) is 6.22. The molecule has 2 heterocycles. The lowest BCUT2D eigenvalue weighted by atomic mass is 10.2. The zero-order chi connectivity index (χ0) is 11.1. The van der Waals surface area contributed by atoms with Crippen LogP contribution in [0.25, 0.3) is 11.0 Å². The molecule has 0 aliphatic carbocycles. The fourth-order valence-electron chi connectivity index (χ4n) is 2.33. The number of benzene rings is 1. The average molecular weight is 218 g/mol. The molecular weight excluding hydrogens is 204 g/mol. The van der Waals surface area contributed by atoms with Crippen LogP contribution in [0.4, 0.5) is 0 Å². The smallest absolute Gasteiger partial charge is 0.326 e. The Balaban J connectivity index is 2.23. The van der Waals surface area contributed by atoms with Crippen LogP contribution < -0.4 is 5.69 Å². The Kier molecular flexibility index (Phi) is 2.11. The molecule has 1 saturated heterocycles. The highest BCUT2D eigenvalue weighted by molar-refractivity contribution is 5.76. The lowest BCUT2D eigenvalue weighted by Crippen LogP contribution is -2.22. The van der Waals surface area contributed by atoms with Crippen LogP contribution in [-0.4, -0.2) is 22.8 Å². The van der Waals surface area contributed by atoms with E-state index in [1.165, 1.54) is 0 Å². The summed E-state index contributed by atoms with van der Waals surface area (Å²) in [4.78, 5) is 14.8. The van der Waals surface area contributed by atoms with E-state index < -0.39 is 0 Å². The van der Waals surface area contributed by atoms with Crippen molar-refractivity contribution in [1.29, 1.82) is 0 Å². The summed E-state index contributed by atoms with van der Waals surface area (Å²) in [7, 11) is 0. The van der Waals surface area contributed by atoms with Gasteiger partial charge in [0.05, 0.1) is 23.7 Å². The molecule has 1 aromatic heterocycles. The molecule has 3 rings (SSSR count). The maximum Gasteiger partial charge on any atom is 0.326 e. The second-order valence-electron chi connectivity index (χ2n) is 4.34. The Hall–Kier alpha value is -1.55. The monoisotopic (exact) mass is 218 g/mol. The van der Waals surface area contributed by atoms with E-state index in [0.717, 1.165) is 29.6 Å². The standard InChI is InChI=1S/C12H14N2O2/c1-8-2-3-11-10(6-8)13-12(15)14(11)9-4-5-16-7-9/h2-3,6,9H,4-5,7H2,1H3,(H,13,15). The van der Waals surface area contributed by atoms with Gasteiger partial charge in [-0.05, 0) is 31.0 Å². The van der Waals surface area contributed by atoms with Gasteiger partial charge in [-0.15, -0.1) is 0 Å². The number of hydrogen-bond acceptors (Lipinski definition) is 2. The van der Waals surface area contributed by atoms with Crippen molar-refractivity contribution in [2.75, 3.05) is 13.2 Å². The van der Waals surface area contributed by atoms with Gasteiger partial charge < -0.3 is 9.72 Å². The van der Waals surface area contributed by atoms with Crippen LogP contribution in [-0.2, 0) is 4.74 Å². The molecule has 1 aromatic carbocycles. The molecular formula is C12H14N2O2. The third-order valence-electron chi connectivity index (χ3n) is 3.14. The van der Waals surface area contributed by atoms with Crippen LogP contribution in [0.2, 0.25) is 0 Å². The van der Waals surface area contributed by atoms with Crippen molar-refractivity contribution in [3.05, 3.63) is 34.2 Å². The van der Waals surface area contributed by atoms with Gasteiger partial charge >= 0.3 is 5.69 Å². The topological polar surface area (TPSA) is 47.0 Å². The molecule has 4 nitrogen and oxygen atoms in total. The summed E-state index contributed by atoms with van der Waals surface area (Å²) in [5.41, 5.74) is 3.02. The molecule has 1 unspecified atom stereocenters. The summed E-state index contributed by atoms with van der Waals surface area (Å²) in [5, 5.41) is 0. The van der Waals surface area contributed by atoms with Crippen molar-refractivity contribution in [3.8, 4) is 0 Å². The summed E-state index contributed by atoms with van der Waals surface area (Å²) in [5.74, 6) is 0. The van der Waals surface area contributed by atoms with Crippen molar-refractivity contribution in [2.45, 2.75) is 19.4 Å². The Bertz CT molecular complexity index is 576. The molecule has 0 saturated carbocycles. The molecule has 1 fully saturated rings. The van der Waals surface area contributed by atoms with Crippen molar-refractivity contribution < 1.29 is 4.74 Å². The summed E-state index contributed by atoms with van der Waals surface area (Å²) in [6.07, 6.45) is 0.917.